The molecule has 1 aliphatic rings. The zero-order valence-electron chi connectivity index (χ0n) is 7.93. The van der Waals surface area contributed by atoms with E-state index in [1.165, 1.54) is 0 Å². The van der Waals surface area contributed by atoms with Crippen LogP contribution in [-0.4, -0.2) is 27.8 Å². The van der Waals surface area contributed by atoms with E-state index >= 15 is 0 Å². The summed E-state index contributed by atoms with van der Waals surface area (Å²) in [6.45, 7) is 0. The average molecular weight is 206 g/mol. The first kappa shape index (κ1) is 9.57. The van der Waals surface area contributed by atoms with Gasteiger partial charge in [-0.3, -0.25) is 14.9 Å². The molecule has 2 heterocycles. The molecule has 1 aromatic heterocycles. The van der Waals surface area contributed by atoms with Crippen molar-refractivity contribution in [1.29, 1.82) is 0 Å². The third-order valence-electron chi connectivity index (χ3n) is 2.11. The smallest absolute Gasteiger partial charge is 0.249 e. The molecule has 1 aromatic rings. The predicted molar refractivity (Wildman–Crippen MR) is 51.8 cm³/mol. The number of carbonyl (C=O) groups excluding carboxylic acids is 2. The van der Waals surface area contributed by atoms with Crippen LogP contribution in [0.4, 0.5) is 5.95 Å². The molecular formula is C9H10N4O2. The van der Waals surface area contributed by atoms with Gasteiger partial charge in [0.05, 0.1) is 0 Å². The zero-order valence-corrected chi connectivity index (χ0v) is 7.93. The SMILES string of the molecule is O=C1CCC(Nc2ncccn2)C(=O)N1. The number of rotatable bonds is 2. The number of hydrogen-bond acceptors (Lipinski definition) is 5. The van der Waals surface area contributed by atoms with Gasteiger partial charge in [0.25, 0.3) is 0 Å². The van der Waals surface area contributed by atoms with Crippen LogP contribution in [0.5, 0.6) is 0 Å². The Morgan fingerprint density at radius 1 is 1.33 bits per heavy atom. The normalized spacial score (nSPS) is 20.9. The average Bonchev–Trinajstić information content (AvgIpc) is 2.24. The summed E-state index contributed by atoms with van der Waals surface area (Å²) < 4.78 is 0. The molecule has 6 heteroatoms. The summed E-state index contributed by atoms with van der Waals surface area (Å²) in [6, 6.07) is 1.26. The van der Waals surface area contributed by atoms with E-state index in [0.29, 0.717) is 18.8 Å². The van der Waals surface area contributed by atoms with Crippen molar-refractivity contribution in [3.63, 3.8) is 0 Å². The van der Waals surface area contributed by atoms with Crippen molar-refractivity contribution in [3.8, 4) is 0 Å². The van der Waals surface area contributed by atoms with Gasteiger partial charge in [-0.2, -0.15) is 0 Å². The van der Waals surface area contributed by atoms with E-state index in [-0.39, 0.29) is 11.8 Å². The van der Waals surface area contributed by atoms with E-state index in [4.69, 9.17) is 0 Å². The first-order valence-corrected chi connectivity index (χ1v) is 4.63. The standard InChI is InChI=1S/C9H10N4O2/c14-7-3-2-6(8(15)13-7)12-9-10-4-1-5-11-9/h1,4-6H,2-3H2,(H,10,11,12)(H,13,14,15). The highest BCUT2D eigenvalue weighted by Crippen LogP contribution is 2.08. The lowest BCUT2D eigenvalue weighted by Crippen LogP contribution is -2.47. The molecule has 0 saturated carbocycles. The van der Waals surface area contributed by atoms with E-state index in [9.17, 15) is 9.59 Å². The molecule has 15 heavy (non-hydrogen) atoms. The van der Waals surface area contributed by atoms with Gasteiger partial charge in [0.1, 0.15) is 6.04 Å². The maximum atomic E-state index is 11.4. The Morgan fingerprint density at radius 3 is 2.73 bits per heavy atom. The molecule has 1 unspecified atom stereocenters. The minimum Gasteiger partial charge on any atom is -0.342 e. The number of nitrogens with one attached hydrogen (secondary N) is 2. The Morgan fingerprint density at radius 2 is 2.07 bits per heavy atom. The molecule has 0 aromatic carbocycles. The van der Waals surface area contributed by atoms with Crippen LogP contribution in [0.1, 0.15) is 12.8 Å². The van der Waals surface area contributed by atoms with Gasteiger partial charge in [0.2, 0.25) is 17.8 Å². The summed E-state index contributed by atoms with van der Waals surface area (Å²) >= 11 is 0. The van der Waals surface area contributed by atoms with Crippen LogP contribution < -0.4 is 10.6 Å². The van der Waals surface area contributed by atoms with Gasteiger partial charge >= 0.3 is 0 Å². The third-order valence-corrected chi connectivity index (χ3v) is 2.11. The van der Waals surface area contributed by atoms with E-state index in [2.05, 4.69) is 20.6 Å². The van der Waals surface area contributed by atoms with Crippen molar-refractivity contribution in [3.05, 3.63) is 18.5 Å². The largest absolute Gasteiger partial charge is 0.342 e. The number of carbonyl (C=O) groups is 2. The quantitative estimate of drug-likeness (QED) is 0.649. The molecule has 78 valence electrons. The van der Waals surface area contributed by atoms with Crippen molar-refractivity contribution < 1.29 is 9.59 Å². The highest BCUT2D eigenvalue weighted by Gasteiger charge is 2.26. The Labute approximate surface area is 86.1 Å². The van der Waals surface area contributed by atoms with Gasteiger partial charge in [0, 0.05) is 18.8 Å². The number of hydrogen-bond donors (Lipinski definition) is 2. The van der Waals surface area contributed by atoms with Crippen LogP contribution in [0.2, 0.25) is 0 Å². The number of piperidine rings is 1. The molecule has 2 rings (SSSR count). The second kappa shape index (κ2) is 4.04. The topological polar surface area (TPSA) is 84.0 Å². The van der Waals surface area contributed by atoms with Crippen LogP contribution in [-0.2, 0) is 9.59 Å². The van der Waals surface area contributed by atoms with Gasteiger partial charge < -0.3 is 5.32 Å². The fraction of sp³-hybridized carbons (Fsp3) is 0.333. The summed E-state index contributed by atoms with van der Waals surface area (Å²) in [5.74, 6) is -0.155. The monoisotopic (exact) mass is 206 g/mol. The Balaban J connectivity index is 2.01. The fourth-order valence-electron chi connectivity index (χ4n) is 1.36. The van der Waals surface area contributed by atoms with Crippen molar-refractivity contribution >= 4 is 17.8 Å². The molecule has 0 spiro atoms. The summed E-state index contributed by atoms with van der Waals surface area (Å²) in [5, 5.41) is 5.12. The molecule has 6 nitrogen and oxygen atoms in total. The van der Waals surface area contributed by atoms with Crippen molar-refractivity contribution in [2.45, 2.75) is 18.9 Å². The van der Waals surface area contributed by atoms with Crippen LogP contribution in [0, 0.1) is 0 Å². The number of imide groups is 1. The van der Waals surface area contributed by atoms with Gasteiger partial charge in [-0.25, -0.2) is 9.97 Å². The van der Waals surface area contributed by atoms with E-state index < -0.39 is 6.04 Å². The van der Waals surface area contributed by atoms with Crippen LogP contribution in [0.3, 0.4) is 0 Å². The van der Waals surface area contributed by atoms with Crippen molar-refractivity contribution in [2.24, 2.45) is 0 Å². The lowest BCUT2D eigenvalue weighted by atomic mass is 10.1. The predicted octanol–water partition coefficient (Wildman–Crippen LogP) is -0.306. The minimum atomic E-state index is -0.426. The molecule has 0 bridgehead atoms. The maximum Gasteiger partial charge on any atom is 0.249 e. The van der Waals surface area contributed by atoms with Gasteiger partial charge in [0.15, 0.2) is 0 Å². The van der Waals surface area contributed by atoms with E-state index in [0.717, 1.165) is 0 Å². The van der Waals surface area contributed by atoms with Gasteiger partial charge in [-0.15, -0.1) is 0 Å². The van der Waals surface area contributed by atoms with Crippen molar-refractivity contribution in [2.75, 3.05) is 5.32 Å². The first-order chi connectivity index (χ1) is 7.25. The summed E-state index contributed by atoms with van der Waals surface area (Å²) in [4.78, 5) is 30.1. The molecule has 1 saturated heterocycles. The van der Waals surface area contributed by atoms with Crippen LogP contribution >= 0.6 is 0 Å². The second-order valence-electron chi connectivity index (χ2n) is 3.22. The molecule has 1 aliphatic heterocycles. The highest BCUT2D eigenvalue weighted by molar-refractivity contribution is 6.01. The third kappa shape index (κ3) is 2.28. The zero-order chi connectivity index (χ0) is 10.7. The maximum absolute atomic E-state index is 11.4. The summed E-state index contributed by atoms with van der Waals surface area (Å²) in [7, 11) is 0. The molecule has 2 N–H and O–H groups in total. The van der Waals surface area contributed by atoms with Crippen LogP contribution in [0.25, 0.3) is 0 Å². The lowest BCUT2D eigenvalue weighted by Gasteiger charge is -2.21. The lowest BCUT2D eigenvalue weighted by molar-refractivity contribution is -0.133. The number of nitrogens with zero attached hydrogens (tertiary/aromatic N) is 2. The fourth-order valence-corrected chi connectivity index (χ4v) is 1.36. The Hall–Kier alpha value is -1.98. The highest BCUT2D eigenvalue weighted by atomic mass is 16.2. The minimum absolute atomic E-state index is 0.230. The molecule has 1 fully saturated rings. The van der Waals surface area contributed by atoms with Crippen molar-refractivity contribution in [1.82, 2.24) is 15.3 Å². The Kier molecular flexibility index (Phi) is 2.57. The molecule has 0 radical (unpaired) electrons. The number of aromatic nitrogens is 2. The van der Waals surface area contributed by atoms with Gasteiger partial charge in [-0.1, -0.05) is 0 Å². The van der Waals surface area contributed by atoms with E-state index in [1.54, 1.807) is 18.5 Å². The molecule has 1 atom stereocenters. The van der Waals surface area contributed by atoms with Gasteiger partial charge in [-0.05, 0) is 12.5 Å². The molecular weight excluding hydrogens is 196 g/mol. The molecule has 0 aliphatic carbocycles. The molecule has 2 amide bonds. The summed E-state index contributed by atoms with van der Waals surface area (Å²) in [5.41, 5.74) is 0. The number of amides is 2. The van der Waals surface area contributed by atoms with Crippen LogP contribution in [0.15, 0.2) is 18.5 Å². The Bertz CT molecular complexity index is 379. The summed E-state index contributed by atoms with van der Waals surface area (Å²) in [6.07, 6.45) is 3.99. The number of anilines is 1. The second-order valence-corrected chi connectivity index (χ2v) is 3.22. The first-order valence-electron chi connectivity index (χ1n) is 4.63. The van der Waals surface area contributed by atoms with E-state index in [1.807, 2.05) is 0 Å².